The van der Waals surface area contributed by atoms with Crippen LogP contribution in [0, 0.1) is 0 Å². The quantitative estimate of drug-likeness (QED) is 0.508. The van der Waals surface area contributed by atoms with Crippen LogP contribution in [0.25, 0.3) is 0 Å². The molecular weight excluding hydrogens is 126 g/mol. The minimum absolute atomic E-state index is 0.375. The molecule has 0 bridgehead atoms. The topological polar surface area (TPSA) is 3.24 Å². The number of hydrogen-bond acceptors (Lipinski definition) is 1. The van der Waals surface area contributed by atoms with Gasteiger partial charge in [-0.25, -0.2) is 0 Å². The molecule has 0 aliphatic carbocycles. The molecule has 56 valence electrons. The summed E-state index contributed by atoms with van der Waals surface area (Å²) in [5.41, 5.74) is 0.375. The molecule has 0 unspecified atom stereocenters. The molecule has 0 amide bonds. The van der Waals surface area contributed by atoms with Gasteiger partial charge < -0.3 is 4.57 Å². The third-order valence-corrected chi connectivity index (χ3v) is 4.16. The molecule has 0 N–H and O–H groups in total. The minimum Gasteiger partial charge on any atom is -0.325 e. The summed E-state index contributed by atoms with van der Waals surface area (Å²) in [4.78, 5) is 0. The van der Waals surface area contributed by atoms with Gasteiger partial charge in [0.25, 0.3) is 0 Å². The Morgan fingerprint density at radius 2 is 1.44 bits per heavy atom. The average Bonchev–Trinajstić information content (AvgIpc) is 1.62. The highest BCUT2D eigenvalue weighted by Gasteiger charge is 2.19. The maximum Gasteiger partial charge on any atom is 0.106 e. The molecule has 1 nitrogen and oxygen atoms in total. The molecule has 0 aromatic rings. The molecule has 0 aromatic carbocycles. The lowest BCUT2D eigenvalue weighted by molar-refractivity contribution is 0.294. The van der Waals surface area contributed by atoms with Gasteiger partial charge in [-0.1, -0.05) is 13.1 Å². The monoisotopic (exact) mass is 145 g/mol. The molecule has 0 radical (unpaired) electrons. The summed E-state index contributed by atoms with van der Waals surface area (Å²) in [5, 5.41) is 0. The van der Waals surface area contributed by atoms with Crippen molar-refractivity contribution in [2.45, 2.75) is 39.4 Å². The van der Waals surface area contributed by atoms with Crippen LogP contribution in [-0.2, 0) is 0 Å². The molecule has 0 aliphatic rings. The summed E-state index contributed by atoms with van der Waals surface area (Å²) < 4.78 is 2.49. The first-order valence-electron chi connectivity index (χ1n) is 3.58. The van der Waals surface area contributed by atoms with Gasteiger partial charge in [0.2, 0.25) is 0 Å². The number of nitrogens with zero attached hydrogens (tertiary/aromatic N) is 1. The van der Waals surface area contributed by atoms with Crippen molar-refractivity contribution >= 4 is 8.96 Å². The Hall–Kier alpha value is 0.177. The zero-order valence-electron chi connectivity index (χ0n) is 7.52. The van der Waals surface area contributed by atoms with Crippen LogP contribution in [0.1, 0.15) is 20.8 Å². The first kappa shape index (κ1) is 9.18. The average molecular weight is 145 g/mol. The lowest BCUT2D eigenvalue weighted by atomic mass is 10.1. The Morgan fingerprint density at radius 3 is 1.44 bits per heavy atom. The molecule has 0 aliphatic heterocycles. The van der Waals surface area contributed by atoms with E-state index in [1.807, 2.05) is 0 Å². The van der Waals surface area contributed by atoms with E-state index in [2.05, 4.69) is 45.5 Å². The standard InChI is InChI=1S/C7H19NSi/c1-7(2,3)8(4)9(5)6/h9H,1-6H3. The Bertz CT molecular complexity index is 83.4. The van der Waals surface area contributed by atoms with E-state index >= 15 is 0 Å². The van der Waals surface area contributed by atoms with E-state index in [9.17, 15) is 0 Å². The molecule has 0 fully saturated rings. The second kappa shape index (κ2) is 2.84. The van der Waals surface area contributed by atoms with Crippen molar-refractivity contribution in [1.82, 2.24) is 4.57 Å². The predicted molar refractivity (Wildman–Crippen MR) is 46.4 cm³/mol. The third-order valence-electron chi connectivity index (χ3n) is 1.83. The fourth-order valence-electron chi connectivity index (χ4n) is 0.775. The summed E-state index contributed by atoms with van der Waals surface area (Å²) in [6.07, 6.45) is 0. The summed E-state index contributed by atoms with van der Waals surface area (Å²) in [5.74, 6) is 0. The highest BCUT2D eigenvalue weighted by molar-refractivity contribution is 6.52. The minimum atomic E-state index is -0.556. The van der Waals surface area contributed by atoms with Crippen LogP contribution in [0.2, 0.25) is 13.1 Å². The zero-order valence-corrected chi connectivity index (χ0v) is 8.68. The fourth-order valence-corrected chi connectivity index (χ4v) is 2.32. The van der Waals surface area contributed by atoms with E-state index in [4.69, 9.17) is 0 Å². The van der Waals surface area contributed by atoms with Crippen molar-refractivity contribution < 1.29 is 0 Å². The molecule has 0 spiro atoms. The first-order valence-corrected chi connectivity index (χ1v) is 6.41. The molecule has 0 saturated heterocycles. The van der Waals surface area contributed by atoms with Crippen LogP contribution in [0.3, 0.4) is 0 Å². The van der Waals surface area contributed by atoms with E-state index in [1.54, 1.807) is 0 Å². The van der Waals surface area contributed by atoms with Crippen LogP contribution in [-0.4, -0.2) is 26.1 Å². The van der Waals surface area contributed by atoms with Crippen LogP contribution >= 0.6 is 0 Å². The van der Waals surface area contributed by atoms with Crippen molar-refractivity contribution in [3.8, 4) is 0 Å². The second-order valence-corrected chi connectivity index (χ2v) is 6.84. The van der Waals surface area contributed by atoms with E-state index in [1.165, 1.54) is 0 Å². The van der Waals surface area contributed by atoms with Gasteiger partial charge in [0.15, 0.2) is 0 Å². The smallest absolute Gasteiger partial charge is 0.106 e. The normalized spacial score (nSPS) is 13.3. The summed E-state index contributed by atoms with van der Waals surface area (Å²) in [6.45, 7) is 11.5. The first-order chi connectivity index (χ1) is 3.85. The van der Waals surface area contributed by atoms with Crippen molar-refractivity contribution in [3.05, 3.63) is 0 Å². The Morgan fingerprint density at radius 1 is 1.11 bits per heavy atom. The number of hydrogen-bond donors (Lipinski definition) is 0. The second-order valence-electron chi connectivity index (χ2n) is 3.88. The summed E-state index contributed by atoms with van der Waals surface area (Å²) >= 11 is 0. The molecule has 9 heavy (non-hydrogen) atoms. The number of rotatable bonds is 1. The van der Waals surface area contributed by atoms with Gasteiger partial charge in [-0.2, -0.15) is 0 Å². The largest absolute Gasteiger partial charge is 0.325 e. The van der Waals surface area contributed by atoms with E-state index in [0.29, 0.717) is 5.54 Å². The summed E-state index contributed by atoms with van der Waals surface area (Å²) in [6, 6.07) is 0. The molecule has 0 rings (SSSR count). The van der Waals surface area contributed by atoms with Crippen LogP contribution in [0.5, 0.6) is 0 Å². The van der Waals surface area contributed by atoms with Crippen molar-refractivity contribution in [2.24, 2.45) is 0 Å². The Labute approximate surface area is 60.7 Å². The van der Waals surface area contributed by atoms with Gasteiger partial charge in [0, 0.05) is 5.54 Å². The molecule has 0 aromatic heterocycles. The Balaban J connectivity index is 3.88. The molecular formula is C7H19NSi. The lowest BCUT2D eigenvalue weighted by Gasteiger charge is -2.34. The van der Waals surface area contributed by atoms with Crippen molar-refractivity contribution in [1.29, 1.82) is 0 Å². The van der Waals surface area contributed by atoms with Gasteiger partial charge in [-0.3, -0.25) is 0 Å². The van der Waals surface area contributed by atoms with Gasteiger partial charge in [0.05, 0.1) is 0 Å². The van der Waals surface area contributed by atoms with Crippen molar-refractivity contribution in [3.63, 3.8) is 0 Å². The zero-order chi connectivity index (χ0) is 7.65. The third kappa shape index (κ3) is 3.01. The predicted octanol–water partition coefficient (Wildman–Crippen LogP) is 1.70. The van der Waals surface area contributed by atoms with Crippen molar-refractivity contribution in [2.75, 3.05) is 7.05 Å². The van der Waals surface area contributed by atoms with Crippen LogP contribution in [0.4, 0.5) is 0 Å². The van der Waals surface area contributed by atoms with E-state index in [-0.39, 0.29) is 0 Å². The van der Waals surface area contributed by atoms with Gasteiger partial charge in [-0.05, 0) is 27.8 Å². The highest BCUT2D eigenvalue weighted by Crippen LogP contribution is 2.11. The van der Waals surface area contributed by atoms with E-state index in [0.717, 1.165) is 0 Å². The maximum absolute atomic E-state index is 2.49. The van der Waals surface area contributed by atoms with Gasteiger partial charge in [-0.15, -0.1) is 0 Å². The molecule has 2 heteroatoms. The lowest BCUT2D eigenvalue weighted by Crippen LogP contribution is -2.45. The maximum atomic E-state index is 2.49. The molecule has 0 saturated carbocycles. The Kier molecular flexibility index (Phi) is 2.90. The SMILES string of the molecule is CN([SiH](C)C)C(C)(C)C. The van der Waals surface area contributed by atoms with Crippen LogP contribution < -0.4 is 0 Å². The summed E-state index contributed by atoms with van der Waals surface area (Å²) in [7, 11) is 1.66. The fraction of sp³-hybridized carbons (Fsp3) is 1.00. The van der Waals surface area contributed by atoms with Gasteiger partial charge in [0.1, 0.15) is 8.96 Å². The van der Waals surface area contributed by atoms with E-state index < -0.39 is 8.96 Å². The molecule has 0 heterocycles. The molecule has 0 atom stereocenters. The van der Waals surface area contributed by atoms with Gasteiger partial charge >= 0.3 is 0 Å². The van der Waals surface area contributed by atoms with Crippen LogP contribution in [0.15, 0.2) is 0 Å². The highest BCUT2D eigenvalue weighted by atomic mass is 28.3.